The number of aromatic nitrogens is 1. The molecule has 3 rings (SSSR count). The molecule has 0 aliphatic carbocycles. The number of aromatic amines is 1. The lowest BCUT2D eigenvalue weighted by atomic mass is 10.1. The van der Waals surface area contributed by atoms with Crippen molar-refractivity contribution in [2.45, 2.75) is 4.90 Å². The third-order valence-corrected chi connectivity index (χ3v) is 3.92. The molecule has 2 aromatic carbocycles. The first kappa shape index (κ1) is 10.7. The molecule has 0 atom stereocenters. The Morgan fingerprint density at radius 1 is 1.00 bits per heavy atom. The predicted octanol–water partition coefficient (Wildman–Crippen LogP) is 3.62. The minimum atomic E-state index is 0.0616. The quantitative estimate of drug-likeness (QED) is 0.397. The van der Waals surface area contributed by atoms with Crippen LogP contribution >= 0.6 is 22.5 Å². The highest BCUT2D eigenvalue weighted by atomic mass is 33.1. The number of hydrogen-bond donors (Lipinski definition) is 2. The summed E-state index contributed by atoms with van der Waals surface area (Å²) in [6.07, 6.45) is 0. The maximum Gasteiger partial charge on any atom is 0.198 e. The standard InChI is InChI=1S/C13H9NOS2/c15-13-8-4-1-2-5-9(8)14-10-6-3-7-11(17-16)12(10)13/h1-7,16H,(H,14,15). The highest BCUT2D eigenvalue weighted by Crippen LogP contribution is 2.28. The van der Waals surface area contributed by atoms with Crippen molar-refractivity contribution < 1.29 is 0 Å². The van der Waals surface area contributed by atoms with Gasteiger partial charge in [0.25, 0.3) is 0 Å². The van der Waals surface area contributed by atoms with Crippen molar-refractivity contribution in [1.82, 2.24) is 4.98 Å². The van der Waals surface area contributed by atoms with Crippen LogP contribution in [0.3, 0.4) is 0 Å². The molecule has 3 aromatic rings. The molecule has 2 nitrogen and oxygen atoms in total. The molecule has 0 bridgehead atoms. The molecule has 17 heavy (non-hydrogen) atoms. The van der Waals surface area contributed by atoms with Crippen LogP contribution in [0, 0.1) is 0 Å². The van der Waals surface area contributed by atoms with Gasteiger partial charge in [0.2, 0.25) is 0 Å². The zero-order chi connectivity index (χ0) is 11.8. The number of para-hydroxylation sites is 1. The summed E-state index contributed by atoms with van der Waals surface area (Å²) in [5.41, 5.74) is 1.78. The second-order valence-corrected chi connectivity index (χ2v) is 4.94. The van der Waals surface area contributed by atoms with Crippen LogP contribution in [0.1, 0.15) is 0 Å². The number of pyridine rings is 1. The van der Waals surface area contributed by atoms with Crippen LogP contribution in [-0.2, 0) is 0 Å². The summed E-state index contributed by atoms with van der Waals surface area (Å²) in [7, 11) is 1.30. The Hall–Kier alpha value is -1.39. The first-order valence-corrected chi connectivity index (χ1v) is 7.03. The van der Waals surface area contributed by atoms with Gasteiger partial charge in [-0.15, -0.1) is 11.7 Å². The molecule has 0 fully saturated rings. The lowest BCUT2D eigenvalue weighted by Gasteiger charge is -2.05. The van der Waals surface area contributed by atoms with Gasteiger partial charge in [-0.25, -0.2) is 0 Å². The van der Waals surface area contributed by atoms with Crippen LogP contribution in [0.15, 0.2) is 52.2 Å². The Morgan fingerprint density at radius 2 is 1.76 bits per heavy atom. The zero-order valence-corrected chi connectivity index (χ0v) is 10.5. The first-order chi connectivity index (χ1) is 8.31. The molecule has 0 saturated carbocycles. The van der Waals surface area contributed by atoms with Crippen LogP contribution < -0.4 is 5.43 Å². The fraction of sp³-hybridized carbons (Fsp3) is 0. The number of hydrogen-bond acceptors (Lipinski definition) is 3. The lowest BCUT2D eigenvalue weighted by molar-refractivity contribution is 1.43. The van der Waals surface area contributed by atoms with E-state index in [9.17, 15) is 4.79 Å². The van der Waals surface area contributed by atoms with Crippen LogP contribution in [0.25, 0.3) is 21.8 Å². The van der Waals surface area contributed by atoms with Crippen molar-refractivity contribution in [2.75, 3.05) is 0 Å². The van der Waals surface area contributed by atoms with Crippen molar-refractivity contribution in [2.24, 2.45) is 0 Å². The third-order valence-electron chi connectivity index (χ3n) is 2.79. The second kappa shape index (κ2) is 4.13. The van der Waals surface area contributed by atoms with Gasteiger partial charge < -0.3 is 4.98 Å². The molecule has 0 aliphatic heterocycles. The molecule has 0 aliphatic rings. The van der Waals surface area contributed by atoms with Crippen LogP contribution in [-0.4, -0.2) is 4.98 Å². The molecule has 4 heteroatoms. The van der Waals surface area contributed by atoms with Crippen molar-refractivity contribution in [3.05, 3.63) is 52.7 Å². The van der Waals surface area contributed by atoms with E-state index in [1.165, 1.54) is 10.8 Å². The van der Waals surface area contributed by atoms with Crippen molar-refractivity contribution in [3.63, 3.8) is 0 Å². The molecule has 0 saturated heterocycles. The smallest absolute Gasteiger partial charge is 0.198 e. The summed E-state index contributed by atoms with van der Waals surface area (Å²) in [6, 6.07) is 13.3. The number of nitrogens with one attached hydrogen (secondary N) is 1. The maximum absolute atomic E-state index is 12.4. The van der Waals surface area contributed by atoms with Crippen molar-refractivity contribution in [1.29, 1.82) is 0 Å². The fourth-order valence-corrected chi connectivity index (χ4v) is 2.91. The normalized spacial score (nSPS) is 11.1. The van der Waals surface area contributed by atoms with Gasteiger partial charge in [0, 0.05) is 15.8 Å². The van der Waals surface area contributed by atoms with Gasteiger partial charge in [0.05, 0.1) is 10.9 Å². The van der Waals surface area contributed by atoms with E-state index in [1.54, 1.807) is 0 Å². The number of benzene rings is 2. The van der Waals surface area contributed by atoms with E-state index in [0.717, 1.165) is 21.3 Å². The molecular formula is C13H9NOS2. The molecule has 0 radical (unpaired) electrons. The highest BCUT2D eigenvalue weighted by Gasteiger charge is 2.08. The summed E-state index contributed by atoms with van der Waals surface area (Å²) in [5, 5.41) is 1.43. The predicted molar refractivity (Wildman–Crippen MR) is 76.9 cm³/mol. The summed E-state index contributed by atoms with van der Waals surface area (Å²) in [5.74, 6) is 0. The zero-order valence-electron chi connectivity index (χ0n) is 8.81. The Morgan fingerprint density at radius 3 is 2.59 bits per heavy atom. The topological polar surface area (TPSA) is 32.9 Å². The Kier molecular flexibility index (Phi) is 2.61. The number of thiol groups is 1. The average molecular weight is 259 g/mol. The monoisotopic (exact) mass is 259 g/mol. The average Bonchev–Trinajstić information content (AvgIpc) is 2.38. The number of fused-ring (bicyclic) bond motifs is 2. The van der Waals surface area contributed by atoms with Gasteiger partial charge in [-0.3, -0.25) is 4.79 Å². The Balaban J connectivity index is 2.60. The van der Waals surface area contributed by atoms with Gasteiger partial charge in [-0.1, -0.05) is 29.0 Å². The second-order valence-electron chi connectivity index (χ2n) is 3.77. The summed E-state index contributed by atoms with van der Waals surface area (Å²) < 4.78 is 0. The molecule has 1 N–H and O–H groups in total. The first-order valence-electron chi connectivity index (χ1n) is 5.16. The van der Waals surface area contributed by atoms with E-state index in [0.29, 0.717) is 5.39 Å². The number of rotatable bonds is 1. The van der Waals surface area contributed by atoms with Crippen LogP contribution in [0.5, 0.6) is 0 Å². The van der Waals surface area contributed by atoms with E-state index in [1.807, 2.05) is 42.5 Å². The molecule has 1 aromatic heterocycles. The minimum Gasteiger partial charge on any atom is -0.354 e. The van der Waals surface area contributed by atoms with Crippen molar-refractivity contribution in [3.8, 4) is 0 Å². The molecule has 0 amide bonds. The fourth-order valence-electron chi connectivity index (χ4n) is 2.02. The Bertz CT molecular complexity index is 764. The maximum atomic E-state index is 12.4. The van der Waals surface area contributed by atoms with Crippen LogP contribution in [0.2, 0.25) is 0 Å². The van der Waals surface area contributed by atoms with Gasteiger partial charge in [-0.2, -0.15) is 0 Å². The van der Waals surface area contributed by atoms with E-state index < -0.39 is 0 Å². The molecule has 84 valence electrons. The van der Waals surface area contributed by atoms with Gasteiger partial charge in [0.15, 0.2) is 5.43 Å². The van der Waals surface area contributed by atoms with E-state index in [2.05, 4.69) is 16.6 Å². The molecule has 0 spiro atoms. The van der Waals surface area contributed by atoms with E-state index >= 15 is 0 Å². The van der Waals surface area contributed by atoms with E-state index in [4.69, 9.17) is 0 Å². The highest BCUT2D eigenvalue weighted by molar-refractivity contribution is 8.68. The van der Waals surface area contributed by atoms with Gasteiger partial charge in [-0.05, 0) is 24.3 Å². The SMILES string of the molecule is O=c1c2ccccc2[nH]c2cccc(SS)c12. The summed E-state index contributed by atoms with van der Waals surface area (Å²) in [4.78, 5) is 16.6. The third kappa shape index (κ3) is 1.64. The van der Waals surface area contributed by atoms with Gasteiger partial charge >= 0.3 is 0 Å². The lowest BCUT2D eigenvalue weighted by Crippen LogP contribution is -2.04. The van der Waals surface area contributed by atoms with Crippen LogP contribution in [0.4, 0.5) is 0 Å². The summed E-state index contributed by atoms with van der Waals surface area (Å²) in [6.45, 7) is 0. The molecular weight excluding hydrogens is 250 g/mol. The number of H-pyrrole nitrogens is 1. The van der Waals surface area contributed by atoms with Gasteiger partial charge in [0.1, 0.15) is 0 Å². The minimum absolute atomic E-state index is 0.0616. The summed E-state index contributed by atoms with van der Waals surface area (Å²) >= 11 is 4.19. The Labute approximate surface area is 107 Å². The largest absolute Gasteiger partial charge is 0.354 e. The van der Waals surface area contributed by atoms with Crippen molar-refractivity contribution >= 4 is 44.3 Å². The van der Waals surface area contributed by atoms with E-state index in [-0.39, 0.29) is 5.43 Å². The molecule has 1 heterocycles. The molecule has 0 unspecified atom stereocenters.